The van der Waals surface area contributed by atoms with Gasteiger partial charge >= 0.3 is 0 Å². The Morgan fingerprint density at radius 3 is 2.62 bits per heavy atom. The molecule has 0 saturated heterocycles. The summed E-state index contributed by atoms with van der Waals surface area (Å²) in [6, 6.07) is 5.69. The molecule has 0 bridgehead atoms. The average molecular weight is 304 g/mol. The predicted octanol–water partition coefficient (Wildman–Crippen LogP) is -1.20. The third kappa shape index (κ3) is 3.42. The lowest BCUT2D eigenvalue weighted by Gasteiger charge is -1.98. The zero-order chi connectivity index (χ0) is 10.7. The Morgan fingerprint density at radius 1 is 1.38 bits per heavy atom. The van der Waals surface area contributed by atoms with Crippen LogP contribution in [-0.2, 0) is 0 Å². The average Bonchev–Trinajstić information content (AvgIpc) is 2.71. The van der Waals surface area contributed by atoms with Crippen LogP contribution in [0.15, 0.2) is 24.3 Å². The molecule has 86 valence electrons. The summed E-state index contributed by atoms with van der Waals surface area (Å²) in [4.78, 5) is 11.7. The maximum Gasteiger partial charge on any atom is 0.227 e. The van der Waals surface area contributed by atoms with Crippen molar-refractivity contribution in [3.8, 4) is 0 Å². The Labute approximate surface area is 108 Å². The first-order chi connectivity index (χ1) is 7.25. The number of thioether (sulfide) groups is 1. The summed E-state index contributed by atoms with van der Waals surface area (Å²) in [7, 11) is 0. The molecule has 0 aliphatic carbocycles. The molecule has 0 atom stereocenters. The van der Waals surface area contributed by atoms with Crippen LogP contribution >= 0.6 is 11.8 Å². The summed E-state index contributed by atoms with van der Waals surface area (Å²) in [5.74, 6) is 0.764. The normalized spacial score (nSPS) is 14.2. The van der Waals surface area contributed by atoms with E-state index in [-0.39, 0.29) is 28.6 Å². The lowest BCUT2D eigenvalue weighted by atomic mass is 10.1. The number of carbonyl (C=O) groups is 1. The van der Waals surface area contributed by atoms with Crippen molar-refractivity contribution < 1.29 is 30.7 Å². The van der Waals surface area contributed by atoms with Gasteiger partial charge in [-0.05, 0) is 24.3 Å². The van der Waals surface area contributed by atoms with Gasteiger partial charge in [0.15, 0.2) is 12.1 Å². The molecule has 0 aromatic heterocycles. The summed E-state index contributed by atoms with van der Waals surface area (Å²) in [6.07, 6.45) is 0. The second-order valence-electron chi connectivity index (χ2n) is 3.38. The van der Waals surface area contributed by atoms with Gasteiger partial charge in [0, 0.05) is 5.56 Å². The van der Waals surface area contributed by atoms with Crippen molar-refractivity contribution in [2.24, 2.45) is 0 Å². The lowest BCUT2D eigenvalue weighted by molar-refractivity contribution is -0.499. The Bertz CT molecular complexity index is 405. The Hall–Kier alpha value is -0.680. The molecule has 0 unspecified atom stereocenters. The number of rotatable bonds is 3. The van der Waals surface area contributed by atoms with Crippen molar-refractivity contribution in [3.63, 3.8) is 0 Å². The van der Waals surface area contributed by atoms with Crippen LogP contribution in [-0.4, -0.2) is 34.7 Å². The summed E-state index contributed by atoms with van der Waals surface area (Å²) >= 11 is 1.71. The quantitative estimate of drug-likeness (QED) is 0.516. The number of hydrogen-bond acceptors (Lipinski definition) is 2. The molecule has 0 N–H and O–H groups in total. The van der Waals surface area contributed by atoms with Crippen LogP contribution in [0.3, 0.4) is 0 Å². The molecular formula is C11H11BrFNOS. The summed E-state index contributed by atoms with van der Waals surface area (Å²) in [5.41, 5.74) is 2.54. The van der Waals surface area contributed by atoms with Gasteiger partial charge in [0.1, 0.15) is 5.82 Å². The first kappa shape index (κ1) is 13.4. The Balaban J connectivity index is 0.00000128. The van der Waals surface area contributed by atoms with Gasteiger partial charge in [-0.2, -0.15) is 0 Å². The highest BCUT2D eigenvalue weighted by molar-refractivity contribution is 8.12. The van der Waals surface area contributed by atoms with E-state index in [1.165, 1.54) is 24.3 Å². The first-order valence-electron chi connectivity index (χ1n) is 4.73. The maximum atomic E-state index is 12.6. The van der Waals surface area contributed by atoms with E-state index in [9.17, 15) is 9.18 Å². The molecule has 1 heterocycles. The largest absolute Gasteiger partial charge is 1.00 e. The van der Waals surface area contributed by atoms with Crippen molar-refractivity contribution in [2.75, 3.05) is 18.8 Å². The van der Waals surface area contributed by atoms with Gasteiger partial charge in [-0.15, -0.1) is 0 Å². The molecule has 0 amide bonds. The number of Topliss-reactive ketones (excluding diaryl/α,β-unsaturated/α-hetero) is 1. The smallest absolute Gasteiger partial charge is 0.227 e. The molecule has 2 rings (SSSR count). The Morgan fingerprint density at radius 2 is 2.06 bits per heavy atom. The number of nitrogens with zero attached hydrogens (tertiary/aromatic N) is 1. The van der Waals surface area contributed by atoms with Gasteiger partial charge < -0.3 is 17.0 Å². The number of halogens is 2. The molecule has 0 spiro atoms. The fourth-order valence-electron chi connectivity index (χ4n) is 1.41. The van der Waals surface area contributed by atoms with E-state index < -0.39 is 0 Å². The van der Waals surface area contributed by atoms with Crippen molar-refractivity contribution in [1.82, 2.24) is 0 Å². The minimum atomic E-state index is -0.310. The molecular weight excluding hydrogens is 293 g/mol. The standard InChI is InChI=1S/C11H11FNOS.BrH/c12-10-3-1-9(2-4-10)11(14)7-13-5-6-15-8-13;/h1-4,8H,5-7H2;1H/q+1;/p-1. The van der Waals surface area contributed by atoms with E-state index in [0.29, 0.717) is 12.1 Å². The second kappa shape index (κ2) is 6.15. The minimum Gasteiger partial charge on any atom is -1.00 e. The SMILES string of the molecule is O=C(C[N+]1=CSCC1)c1ccc(F)cc1.[Br-]. The van der Waals surface area contributed by atoms with E-state index in [1.54, 1.807) is 11.8 Å². The molecule has 1 aromatic carbocycles. The van der Waals surface area contributed by atoms with E-state index in [0.717, 1.165) is 12.3 Å². The fourth-order valence-corrected chi connectivity index (χ4v) is 2.24. The van der Waals surface area contributed by atoms with Gasteiger partial charge in [0.2, 0.25) is 12.3 Å². The van der Waals surface area contributed by atoms with E-state index in [1.807, 2.05) is 10.1 Å². The highest BCUT2D eigenvalue weighted by atomic mass is 79.9. The number of carbonyl (C=O) groups excluding carboxylic acids is 1. The van der Waals surface area contributed by atoms with Crippen molar-refractivity contribution in [2.45, 2.75) is 0 Å². The van der Waals surface area contributed by atoms with Crippen LogP contribution in [0.5, 0.6) is 0 Å². The predicted molar refractivity (Wildman–Crippen MR) is 59.2 cm³/mol. The molecule has 5 heteroatoms. The van der Waals surface area contributed by atoms with E-state index in [2.05, 4.69) is 0 Å². The minimum absolute atomic E-state index is 0. The number of benzene rings is 1. The first-order valence-corrected chi connectivity index (χ1v) is 5.78. The summed E-state index contributed by atoms with van der Waals surface area (Å²) in [5, 5.41) is 0. The van der Waals surface area contributed by atoms with Crippen LogP contribution in [0.1, 0.15) is 10.4 Å². The monoisotopic (exact) mass is 303 g/mol. The zero-order valence-electron chi connectivity index (χ0n) is 8.53. The molecule has 0 radical (unpaired) electrons. The number of hydrogen-bond donors (Lipinski definition) is 0. The van der Waals surface area contributed by atoms with Gasteiger partial charge in [0.25, 0.3) is 0 Å². The van der Waals surface area contributed by atoms with Gasteiger partial charge in [0.05, 0.1) is 5.75 Å². The summed E-state index contributed by atoms with van der Waals surface area (Å²) in [6.45, 7) is 1.30. The van der Waals surface area contributed by atoms with Crippen molar-refractivity contribution in [1.29, 1.82) is 0 Å². The molecule has 16 heavy (non-hydrogen) atoms. The number of ketones is 1. The van der Waals surface area contributed by atoms with E-state index in [4.69, 9.17) is 0 Å². The zero-order valence-corrected chi connectivity index (χ0v) is 10.9. The van der Waals surface area contributed by atoms with Crippen molar-refractivity contribution in [3.05, 3.63) is 35.6 Å². The third-order valence-electron chi connectivity index (χ3n) is 2.23. The van der Waals surface area contributed by atoms with E-state index >= 15 is 0 Å². The molecule has 1 aliphatic rings. The van der Waals surface area contributed by atoms with Gasteiger partial charge in [-0.3, -0.25) is 4.79 Å². The fraction of sp³-hybridized carbons (Fsp3) is 0.273. The van der Waals surface area contributed by atoms with Crippen molar-refractivity contribution >= 4 is 23.1 Å². The lowest BCUT2D eigenvalue weighted by Crippen LogP contribution is -3.00. The second-order valence-corrected chi connectivity index (χ2v) is 4.33. The van der Waals surface area contributed by atoms with Crippen LogP contribution in [0.4, 0.5) is 4.39 Å². The third-order valence-corrected chi connectivity index (χ3v) is 3.10. The highest BCUT2D eigenvalue weighted by Gasteiger charge is 2.17. The highest BCUT2D eigenvalue weighted by Crippen LogP contribution is 2.06. The van der Waals surface area contributed by atoms with Crippen LogP contribution < -0.4 is 17.0 Å². The molecule has 0 saturated carbocycles. The van der Waals surface area contributed by atoms with Gasteiger partial charge in [-0.1, -0.05) is 11.8 Å². The van der Waals surface area contributed by atoms with Crippen LogP contribution in [0, 0.1) is 5.82 Å². The Kier molecular flexibility index (Phi) is 5.15. The maximum absolute atomic E-state index is 12.6. The topological polar surface area (TPSA) is 20.1 Å². The van der Waals surface area contributed by atoms with Gasteiger partial charge in [-0.25, -0.2) is 8.97 Å². The summed E-state index contributed by atoms with van der Waals surface area (Å²) < 4.78 is 14.6. The molecule has 1 aromatic rings. The molecule has 0 fully saturated rings. The molecule has 2 nitrogen and oxygen atoms in total. The van der Waals surface area contributed by atoms with Crippen LogP contribution in [0.25, 0.3) is 0 Å². The molecule has 1 aliphatic heterocycles. The van der Waals surface area contributed by atoms with Crippen LogP contribution in [0.2, 0.25) is 0 Å².